The van der Waals surface area contributed by atoms with Gasteiger partial charge in [0.05, 0.1) is 12.9 Å². The number of aliphatic hydroxyl groups excluding tert-OH is 2. The molecule has 1 fully saturated rings. The van der Waals surface area contributed by atoms with Gasteiger partial charge in [-0.1, -0.05) is 0 Å². The van der Waals surface area contributed by atoms with E-state index in [9.17, 15) is 43.4 Å². The van der Waals surface area contributed by atoms with Crippen molar-refractivity contribution < 1.29 is 65.8 Å². The number of nitrogens with zero attached hydrogens (tertiary/aromatic N) is 4. The molecule has 2 aromatic rings. The largest absolute Gasteiger partial charge is 0.538 e. The van der Waals surface area contributed by atoms with Gasteiger partial charge < -0.3 is 35.0 Å². The molecule has 0 spiro atoms. The summed E-state index contributed by atoms with van der Waals surface area (Å²) in [5.41, 5.74) is 6.01. The van der Waals surface area contributed by atoms with Crippen LogP contribution in [0.15, 0.2) is 12.7 Å². The molecule has 0 aromatic carbocycles. The van der Waals surface area contributed by atoms with Crippen molar-refractivity contribution in [3.05, 3.63) is 12.7 Å². The van der Waals surface area contributed by atoms with E-state index < -0.39 is 60.6 Å². The van der Waals surface area contributed by atoms with Crippen LogP contribution in [0, 0.1) is 12.3 Å². The van der Waals surface area contributed by atoms with Crippen molar-refractivity contribution in [1.82, 2.24) is 19.5 Å². The number of hydrogen-bond acceptors (Lipinski definition) is 15. The molecule has 39 heavy (non-hydrogen) atoms. The first kappa shape index (κ1) is 31.2. The van der Waals surface area contributed by atoms with Gasteiger partial charge in [0.1, 0.15) is 30.2 Å². The molecule has 1 aliphatic rings. The Bertz CT molecular complexity index is 1380. The normalized spacial score (nSPS) is 25.8. The number of rotatable bonds is 13. The molecule has 3 heterocycles. The van der Waals surface area contributed by atoms with Crippen molar-refractivity contribution in [3.8, 4) is 12.3 Å². The van der Waals surface area contributed by atoms with Crippen molar-refractivity contribution >= 4 is 46.4 Å². The van der Waals surface area contributed by atoms with E-state index in [0.717, 1.165) is 6.33 Å². The van der Waals surface area contributed by atoms with Gasteiger partial charge in [0.15, 0.2) is 17.7 Å². The van der Waals surface area contributed by atoms with Crippen LogP contribution in [0.25, 0.3) is 11.2 Å². The molecule has 216 valence electrons. The summed E-state index contributed by atoms with van der Waals surface area (Å²) in [6, 6.07) is 0. The third-order valence-corrected chi connectivity index (χ3v) is 9.19. The van der Waals surface area contributed by atoms with E-state index in [2.05, 4.69) is 38.5 Å². The number of imidazole rings is 1. The quantitative estimate of drug-likeness (QED) is 0.0990. The van der Waals surface area contributed by atoms with E-state index in [4.69, 9.17) is 16.9 Å². The number of phosphoric ester groups is 2. The van der Waals surface area contributed by atoms with Gasteiger partial charge in [0.2, 0.25) is 0 Å². The predicted octanol–water partition coefficient (Wildman–Crippen LogP) is 0.115. The Labute approximate surface area is 219 Å². The molecule has 7 atom stereocenters. The highest BCUT2D eigenvalue weighted by Crippen LogP contribution is 2.67. The van der Waals surface area contributed by atoms with E-state index in [1.807, 2.05) is 0 Å². The summed E-state index contributed by atoms with van der Waals surface area (Å²) >= 11 is 0. The maximum Gasteiger partial charge on any atom is 0.538 e. The highest BCUT2D eigenvalue weighted by Gasteiger charge is 2.47. The average molecular weight is 615 g/mol. The van der Waals surface area contributed by atoms with Crippen molar-refractivity contribution in [2.75, 3.05) is 12.3 Å². The molecule has 3 rings (SSSR count). The maximum atomic E-state index is 12.2. The molecule has 1 aliphatic heterocycles. The number of carbonyl (C=O) groups excluding carboxylic acids is 1. The van der Waals surface area contributed by atoms with Crippen LogP contribution in [0.5, 0.6) is 0 Å². The summed E-state index contributed by atoms with van der Waals surface area (Å²) in [7, 11) is -17.0. The minimum absolute atomic E-state index is 0.0305. The molecule has 22 heteroatoms. The molecule has 7 N–H and O–H groups in total. The number of terminal acetylenes is 1. The second kappa shape index (κ2) is 12.5. The number of aromatic nitrogens is 4. The van der Waals surface area contributed by atoms with Crippen molar-refractivity contribution in [2.24, 2.45) is 0 Å². The van der Waals surface area contributed by atoms with Crippen LogP contribution < -0.4 is 5.73 Å². The SMILES string of the molecule is C#CCCCCC(=O)OP(=O)(O)OP(=O)(O)OP(=O)(O)OC[C@H]1O[C@@H](n2cnc3c(N)ncnc32)C(O)C1O. The third-order valence-electron chi connectivity index (χ3n) is 4.98. The Morgan fingerprint density at radius 3 is 2.46 bits per heavy atom. The van der Waals surface area contributed by atoms with Crippen LogP contribution in [0.2, 0.25) is 0 Å². The number of anilines is 1. The monoisotopic (exact) mass is 615 g/mol. The van der Waals surface area contributed by atoms with Crippen LogP contribution >= 0.6 is 23.5 Å². The summed E-state index contributed by atoms with van der Waals surface area (Å²) in [5, 5.41) is 20.7. The minimum Gasteiger partial charge on any atom is -0.387 e. The summed E-state index contributed by atoms with van der Waals surface area (Å²) in [4.78, 5) is 52.3. The number of hydrogen-bond donors (Lipinski definition) is 6. The molecule has 19 nitrogen and oxygen atoms in total. The maximum absolute atomic E-state index is 12.2. The molecule has 2 aromatic heterocycles. The smallest absolute Gasteiger partial charge is 0.387 e. The fourth-order valence-corrected chi connectivity index (χ4v) is 6.79. The number of carbonyl (C=O) groups is 1. The lowest BCUT2D eigenvalue weighted by molar-refractivity contribution is -0.135. The number of fused-ring (bicyclic) bond motifs is 1. The van der Waals surface area contributed by atoms with Gasteiger partial charge in [-0.15, -0.1) is 12.3 Å². The molecular weight excluding hydrogens is 591 g/mol. The van der Waals surface area contributed by atoms with E-state index in [-0.39, 0.29) is 29.8 Å². The van der Waals surface area contributed by atoms with Gasteiger partial charge in [0.25, 0.3) is 0 Å². The summed E-state index contributed by atoms with van der Waals surface area (Å²) in [6.07, 6.45) is 1.75. The lowest BCUT2D eigenvalue weighted by Crippen LogP contribution is -2.33. The van der Waals surface area contributed by atoms with Gasteiger partial charge in [-0.05, 0) is 12.8 Å². The summed E-state index contributed by atoms with van der Waals surface area (Å²) in [5.74, 6) is 1.07. The number of nitrogens with two attached hydrogens (primary N) is 1. The minimum atomic E-state index is -5.85. The summed E-state index contributed by atoms with van der Waals surface area (Å²) < 4.78 is 59.1. The number of ether oxygens (including phenoxy) is 1. The molecule has 0 saturated carbocycles. The molecule has 0 radical (unpaired) electrons. The predicted molar refractivity (Wildman–Crippen MR) is 127 cm³/mol. The Morgan fingerprint density at radius 1 is 1.08 bits per heavy atom. The fourth-order valence-electron chi connectivity index (χ4n) is 3.31. The second-order valence-electron chi connectivity index (χ2n) is 7.87. The summed E-state index contributed by atoms with van der Waals surface area (Å²) in [6.45, 7) is -0.990. The van der Waals surface area contributed by atoms with Gasteiger partial charge in [-0.25, -0.2) is 28.6 Å². The molecule has 1 saturated heterocycles. The second-order valence-corrected chi connectivity index (χ2v) is 12.4. The molecule has 5 unspecified atom stereocenters. The van der Waals surface area contributed by atoms with Crippen molar-refractivity contribution in [2.45, 2.75) is 50.2 Å². The van der Waals surface area contributed by atoms with Gasteiger partial charge in [-0.3, -0.25) is 18.8 Å². The lowest BCUT2D eigenvalue weighted by Gasteiger charge is -2.20. The number of aliphatic hydroxyl groups is 2. The van der Waals surface area contributed by atoms with E-state index >= 15 is 0 Å². The van der Waals surface area contributed by atoms with E-state index in [1.165, 1.54) is 10.9 Å². The van der Waals surface area contributed by atoms with Crippen LogP contribution in [0.4, 0.5) is 5.82 Å². The molecular formula is C17H24N5O14P3. The Balaban J connectivity index is 1.57. The number of unbranched alkanes of at least 4 members (excludes halogenated alkanes) is 2. The number of phosphoric acid groups is 3. The van der Waals surface area contributed by atoms with Crippen molar-refractivity contribution in [3.63, 3.8) is 0 Å². The first-order chi connectivity index (χ1) is 18.1. The number of nitrogen functional groups attached to an aromatic ring is 1. The van der Waals surface area contributed by atoms with Crippen molar-refractivity contribution in [1.29, 1.82) is 0 Å². The van der Waals surface area contributed by atoms with Crippen LogP contribution in [-0.4, -0.2) is 75.3 Å². The zero-order valence-corrected chi connectivity index (χ0v) is 22.4. The van der Waals surface area contributed by atoms with E-state index in [1.54, 1.807) is 0 Å². The van der Waals surface area contributed by atoms with Crippen LogP contribution in [0.1, 0.15) is 31.9 Å². The lowest BCUT2D eigenvalue weighted by atomic mass is 10.1. The zero-order valence-electron chi connectivity index (χ0n) is 19.7. The first-order valence-corrected chi connectivity index (χ1v) is 15.3. The Morgan fingerprint density at radius 2 is 1.77 bits per heavy atom. The first-order valence-electron chi connectivity index (χ1n) is 10.8. The van der Waals surface area contributed by atoms with Gasteiger partial charge in [-0.2, -0.15) is 8.62 Å². The van der Waals surface area contributed by atoms with E-state index in [0.29, 0.717) is 12.8 Å². The average Bonchev–Trinajstić information content (AvgIpc) is 3.35. The van der Waals surface area contributed by atoms with Gasteiger partial charge >= 0.3 is 29.4 Å². The fraction of sp³-hybridized carbons (Fsp3) is 0.529. The molecule has 0 amide bonds. The standard InChI is InChI=1S/C17H24N5O14P3/c1-2-3-4-5-6-11(23)34-38(28,29)36-39(30,31)35-37(26,27)32-7-10-13(24)14(25)17(33-10)22-9-21-12-15(18)19-8-20-16(12)22/h1,8-10,13-14,17,24-25H,3-7H2,(H,26,27)(H,28,29)(H,30,31)(H2,18,19,20)/t10-,13?,14?,17-/m1/s1. The molecule has 0 aliphatic carbocycles. The Kier molecular flexibility index (Phi) is 10.00. The topological polar surface area (TPSA) is 285 Å². The highest BCUT2D eigenvalue weighted by atomic mass is 31.3. The highest BCUT2D eigenvalue weighted by molar-refractivity contribution is 7.67. The van der Waals surface area contributed by atoms with Crippen LogP contribution in [-0.2, 0) is 40.9 Å². The Hall–Kier alpha value is -2.29. The van der Waals surface area contributed by atoms with Crippen LogP contribution in [0.3, 0.4) is 0 Å². The van der Waals surface area contributed by atoms with Gasteiger partial charge in [0, 0.05) is 12.8 Å². The zero-order chi connectivity index (χ0) is 29.0. The third kappa shape index (κ3) is 8.35. The molecule has 0 bridgehead atoms.